The average Bonchev–Trinajstić information content (AvgIpc) is 2.37. The molecule has 98 valence electrons. The Kier molecular flexibility index (Phi) is 7.27. The average molecular weight is 240 g/mol. The third kappa shape index (κ3) is 5.54. The van der Waals surface area contributed by atoms with Crippen LogP contribution in [0, 0.1) is 17.8 Å². The van der Waals surface area contributed by atoms with E-state index in [9.17, 15) is 5.11 Å². The van der Waals surface area contributed by atoms with Crippen molar-refractivity contribution in [1.29, 1.82) is 0 Å². The number of aliphatic hydroxyl groups is 1. The van der Waals surface area contributed by atoms with Crippen LogP contribution in [0.5, 0.6) is 0 Å². The lowest BCUT2D eigenvalue weighted by Crippen LogP contribution is -2.22. The molecule has 0 amide bonds. The fourth-order valence-corrected chi connectivity index (χ4v) is 2.16. The maximum atomic E-state index is 9.97. The van der Waals surface area contributed by atoms with Gasteiger partial charge in [-0.1, -0.05) is 25.2 Å². The van der Waals surface area contributed by atoms with Gasteiger partial charge in [0.05, 0.1) is 0 Å². The van der Waals surface area contributed by atoms with Crippen molar-refractivity contribution in [2.45, 2.75) is 58.3 Å². The molecule has 0 saturated heterocycles. The third-order valence-corrected chi connectivity index (χ3v) is 3.08. The molecule has 1 atom stereocenters. The van der Waals surface area contributed by atoms with E-state index < -0.39 is 12.4 Å². The molecule has 3 heteroatoms. The van der Waals surface area contributed by atoms with E-state index in [4.69, 9.17) is 9.47 Å². The quantitative estimate of drug-likeness (QED) is 0.592. The van der Waals surface area contributed by atoms with Gasteiger partial charge in [-0.25, -0.2) is 0 Å². The summed E-state index contributed by atoms with van der Waals surface area (Å²) in [5.41, 5.74) is 0. The molecule has 0 radical (unpaired) electrons. The summed E-state index contributed by atoms with van der Waals surface area (Å²) in [6, 6.07) is 0. The van der Waals surface area contributed by atoms with Crippen molar-refractivity contribution in [3.05, 3.63) is 0 Å². The van der Waals surface area contributed by atoms with E-state index in [1.807, 2.05) is 13.8 Å². The molecule has 1 aliphatic carbocycles. The number of ether oxygens (including phenoxy) is 2. The second-order valence-corrected chi connectivity index (χ2v) is 4.37. The second kappa shape index (κ2) is 8.52. The van der Waals surface area contributed by atoms with Crippen LogP contribution in [0.25, 0.3) is 0 Å². The van der Waals surface area contributed by atoms with Crippen LogP contribution in [0.15, 0.2) is 0 Å². The molecular weight excluding hydrogens is 216 g/mol. The van der Waals surface area contributed by atoms with Crippen LogP contribution in [-0.4, -0.2) is 30.7 Å². The molecular formula is C14H24O3. The summed E-state index contributed by atoms with van der Waals surface area (Å²) in [5.74, 6) is 6.09. The molecule has 0 unspecified atom stereocenters. The van der Waals surface area contributed by atoms with Gasteiger partial charge in [0, 0.05) is 13.2 Å². The fourth-order valence-electron chi connectivity index (χ4n) is 2.16. The van der Waals surface area contributed by atoms with Gasteiger partial charge in [-0.3, -0.25) is 0 Å². The smallest absolute Gasteiger partial charge is 0.222 e. The standard InChI is InChI=1S/C14H24O3/c1-3-16-14(17-4-2)11-10-13(15)12-8-6-5-7-9-12/h12-15H,3-9H2,1-2H3/t13-/m0/s1. The maximum Gasteiger partial charge on any atom is 0.222 e. The molecule has 1 rings (SSSR count). The lowest BCUT2D eigenvalue weighted by atomic mass is 9.85. The SMILES string of the molecule is CCOC(C#C[C@H](O)C1CCCCC1)OCC. The normalized spacial score (nSPS) is 18.8. The first kappa shape index (κ1) is 14.5. The van der Waals surface area contributed by atoms with E-state index in [1.54, 1.807) is 0 Å². The van der Waals surface area contributed by atoms with Crippen molar-refractivity contribution in [1.82, 2.24) is 0 Å². The first-order chi connectivity index (χ1) is 8.27. The van der Waals surface area contributed by atoms with E-state index in [-0.39, 0.29) is 0 Å². The van der Waals surface area contributed by atoms with Crippen molar-refractivity contribution in [2.75, 3.05) is 13.2 Å². The predicted octanol–water partition coefficient (Wildman–Crippen LogP) is 2.33. The minimum Gasteiger partial charge on any atom is -0.380 e. The van der Waals surface area contributed by atoms with E-state index in [2.05, 4.69) is 11.8 Å². The van der Waals surface area contributed by atoms with Crippen molar-refractivity contribution in [3.63, 3.8) is 0 Å². The third-order valence-electron chi connectivity index (χ3n) is 3.08. The molecule has 1 aliphatic rings. The predicted molar refractivity (Wildman–Crippen MR) is 67.4 cm³/mol. The van der Waals surface area contributed by atoms with Crippen molar-refractivity contribution < 1.29 is 14.6 Å². The van der Waals surface area contributed by atoms with Gasteiger partial charge in [0.15, 0.2) is 0 Å². The molecule has 0 aromatic carbocycles. The molecule has 0 aromatic heterocycles. The Bertz CT molecular complexity index is 242. The summed E-state index contributed by atoms with van der Waals surface area (Å²) in [5, 5.41) is 9.97. The van der Waals surface area contributed by atoms with Gasteiger partial charge < -0.3 is 14.6 Å². The maximum absolute atomic E-state index is 9.97. The van der Waals surface area contributed by atoms with Gasteiger partial charge in [0.25, 0.3) is 0 Å². The largest absolute Gasteiger partial charge is 0.380 e. The molecule has 1 fully saturated rings. The van der Waals surface area contributed by atoms with Crippen molar-refractivity contribution in [3.8, 4) is 11.8 Å². The summed E-state index contributed by atoms with van der Waals surface area (Å²) >= 11 is 0. The highest BCUT2D eigenvalue weighted by atomic mass is 16.7. The zero-order valence-corrected chi connectivity index (χ0v) is 10.9. The zero-order valence-electron chi connectivity index (χ0n) is 10.9. The second-order valence-electron chi connectivity index (χ2n) is 4.37. The van der Waals surface area contributed by atoms with E-state index >= 15 is 0 Å². The topological polar surface area (TPSA) is 38.7 Å². The Morgan fingerprint density at radius 1 is 1.06 bits per heavy atom. The van der Waals surface area contributed by atoms with E-state index in [1.165, 1.54) is 19.3 Å². The highest BCUT2D eigenvalue weighted by Gasteiger charge is 2.20. The van der Waals surface area contributed by atoms with Crippen molar-refractivity contribution in [2.24, 2.45) is 5.92 Å². The van der Waals surface area contributed by atoms with Gasteiger partial charge >= 0.3 is 0 Å². The molecule has 1 N–H and O–H groups in total. The Morgan fingerprint density at radius 3 is 2.18 bits per heavy atom. The zero-order chi connectivity index (χ0) is 12.5. The highest BCUT2D eigenvalue weighted by Crippen LogP contribution is 2.26. The number of aliphatic hydroxyl groups excluding tert-OH is 1. The van der Waals surface area contributed by atoms with Crippen LogP contribution >= 0.6 is 0 Å². The van der Waals surface area contributed by atoms with Crippen LogP contribution in [0.3, 0.4) is 0 Å². The summed E-state index contributed by atoms with van der Waals surface area (Å²) in [6.45, 7) is 4.95. The van der Waals surface area contributed by atoms with Crippen molar-refractivity contribution >= 4 is 0 Å². The number of rotatable bonds is 5. The van der Waals surface area contributed by atoms with Gasteiger partial charge in [0.1, 0.15) is 6.10 Å². The molecule has 0 heterocycles. The Hall–Kier alpha value is -0.560. The molecule has 3 nitrogen and oxygen atoms in total. The Morgan fingerprint density at radius 2 is 1.65 bits per heavy atom. The summed E-state index contributed by atoms with van der Waals surface area (Å²) in [7, 11) is 0. The molecule has 0 aliphatic heterocycles. The van der Waals surface area contributed by atoms with Crippen LogP contribution < -0.4 is 0 Å². The molecule has 17 heavy (non-hydrogen) atoms. The molecule has 0 bridgehead atoms. The van der Waals surface area contributed by atoms with Gasteiger partial charge in [-0.15, -0.1) is 0 Å². The first-order valence-electron chi connectivity index (χ1n) is 6.70. The molecule has 1 saturated carbocycles. The monoisotopic (exact) mass is 240 g/mol. The highest BCUT2D eigenvalue weighted by molar-refractivity contribution is 5.09. The van der Waals surface area contributed by atoms with Gasteiger partial charge in [0.2, 0.25) is 6.29 Å². The summed E-state index contributed by atoms with van der Waals surface area (Å²) < 4.78 is 10.6. The molecule has 0 spiro atoms. The lowest BCUT2D eigenvalue weighted by Gasteiger charge is -2.23. The van der Waals surface area contributed by atoms with Crippen LogP contribution in [0.1, 0.15) is 46.0 Å². The van der Waals surface area contributed by atoms with Crippen LogP contribution in [0.4, 0.5) is 0 Å². The van der Waals surface area contributed by atoms with Crippen LogP contribution in [0.2, 0.25) is 0 Å². The van der Waals surface area contributed by atoms with E-state index in [0.717, 1.165) is 12.8 Å². The lowest BCUT2D eigenvalue weighted by molar-refractivity contribution is -0.0972. The minimum atomic E-state index is -0.529. The fraction of sp³-hybridized carbons (Fsp3) is 0.857. The first-order valence-corrected chi connectivity index (χ1v) is 6.70. The van der Waals surface area contributed by atoms with Gasteiger partial charge in [-0.05, 0) is 38.5 Å². The Labute approximate surface area is 104 Å². The number of hydrogen-bond donors (Lipinski definition) is 1. The molecule has 0 aromatic rings. The van der Waals surface area contributed by atoms with Gasteiger partial charge in [-0.2, -0.15) is 0 Å². The number of hydrogen-bond acceptors (Lipinski definition) is 3. The summed E-state index contributed by atoms with van der Waals surface area (Å²) in [6.07, 6.45) is 4.86. The minimum absolute atomic E-state index is 0.333. The van der Waals surface area contributed by atoms with E-state index in [0.29, 0.717) is 19.1 Å². The summed E-state index contributed by atoms with van der Waals surface area (Å²) in [4.78, 5) is 0. The Balaban J connectivity index is 2.43. The van der Waals surface area contributed by atoms with Crippen LogP contribution in [-0.2, 0) is 9.47 Å².